The van der Waals surface area contributed by atoms with Crippen molar-refractivity contribution in [2.24, 2.45) is 0 Å². The number of amides is 1. The summed E-state index contributed by atoms with van der Waals surface area (Å²) in [4.78, 5) is 16.9. The van der Waals surface area contributed by atoms with Gasteiger partial charge in [-0.1, -0.05) is 54.1 Å². The standard InChI is InChI=1S/C21H17ClN4O/c22-17-8-6-15(7-9-17)10-12-24-21(27)18-14-25-26-19(11-13-23-20(18)26)16-4-2-1-3-5-16/h1-9,11,13-14H,10,12H2,(H,24,27). The highest BCUT2D eigenvalue weighted by Gasteiger charge is 2.15. The fraction of sp³-hybridized carbons (Fsp3) is 0.0952. The van der Waals surface area contributed by atoms with Gasteiger partial charge in [0.1, 0.15) is 5.56 Å². The van der Waals surface area contributed by atoms with Gasteiger partial charge in [-0.15, -0.1) is 0 Å². The lowest BCUT2D eigenvalue weighted by Gasteiger charge is -2.06. The first kappa shape index (κ1) is 17.2. The molecule has 5 nitrogen and oxygen atoms in total. The maximum atomic E-state index is 12.6. The van der Waals surface area contributed by atoms with Crippen LogP contribution in [0.25, 0.3) is 16.9 Å². The predicted molar refractivity (Wildman–Crippen MR) is 106 cm³/mol. The number of carbonyl (C=O) groups is 1. The number of nitrogens with one attached hydrogen (secondary N) is 1. The summed E-state index contributed by atoms with van der Waals surface area (Å²) in [6.45, 7) is 0.524. The molecule has 0 aliphatic carbocycles. The van der Waals surface area contributed by atoms with Crippen LogP contribution in [0.5, 0.6) is 0 Å². The molecule has 0 fully saturated rings. The van der Waals surface area contributed by atoms with Gasteiger partial charge in [-0.3, -0.25) is 4.79 Å². The minimum Gasteiger partial charge on any atom is -0.352 e. The Bertz CT molecular complexity index is 1070. The first-order chi connectivity index (χ1) is 13.2. The van der Waals surface area contributed by atoms with E-state index in [1.54, 1.807) is 16.9 Å². The van der Waals surface area contributed by atoms with Gasteiger partial charge in [0.25, 0.3) is 5.91 Å². The maximum Gasteiger partial charge on any atom is 0.256 e. The van der Waals surface area contributed by atoms with Crippen molar-refractivity contribution in [3.05, 3.63) is 89.2 Å². The van der Waals surface area contributed by atoms with E-state index in [4.69, 9.17) is 11.6 Å². The van der Waals surface area contributed by atoms with Crippen molar-refractivity contribution in [2.75, 3.05) is 6.54 Å². The van der Waals surface area contributed by atoms with Gasteiger partial charge in [0.05, 0.1) is 11.9 Å². The first-order valence-corrected chi connectivity index (χ1v) is 9.01. The summed E-state index contributed by atoms with van der Waals surface area (Å²) >= 11 is 5.89. The zero-order chi connectivity index (χ0) is 18.6. The van der Waals surface area contributed by atoms with Crippen LogP contribution in [0.1, 0.15) is 15.9 Å². The molecular weight excluding hydrogens is 360 g/mol. The first-order valence-electron chi connectivity index (χ1n) is 8.63. The van der Waals surface area contributed by atoms with E-state index in [0.29, 0.717) is 22.8 Å². The number of hydrogen-bond donors (Lipinski definition) is 1. The topological polar surface area (TPSA) is 59.3 Å². The Morgan fingerprint density at radius 2 is 1.81 bits per heavy atom. The van der Waals surface area contributed by atoms with Crippen LogP contribution < -0.4 is 5.32 Å². The normalized spacial score (nSPS) is 10.9. The van der Waals surface area contributed by atoms with Crippen molar-refractivity contribution in [3.8, 4) is 11.3 Å². The molecule has 4 aromatic rings. The second-order valence-corrected chi connectivity index (χ2v) is 6.56. The molecule has 27 heavy (non-hydrogen) atoms. The smallest absolute Gasteiger partial charge is 0.256 e. The molecule has 2 heterocycles. The molecule has 0 aliphatic rings. The van der Waals surface area contributed by atoms with Gasteiger partial charge in [0.2, 0.25) is 0 Å². The Kier molecular flexibility index (Phi) is 4.85. The number of fused-ring (bicyclic) bond motifs is 1. The van der Waals surface area contributed by atoms with Gasteiger partial charge in [0, 0.05) is 23.3 Å². The lowest BCUT2D eigenvalue weighted by atomic mass is 10.1. The van der Waals surface area contributed by atoms with Crippen LogP contribution in [0.2, 0.25) is 5.02 Å². The zero-order valence-corrected chi connectivity index (χ0v) is 15.2. The number of carbonyl (C=O) groups excluding carboxylic acids is 1. The van der Waals surface area contributed by atoms with Crippen LogP contribution in [0.15, 0.2) is 73.1 Å². The summed E-state index contributed by atoms with van der Waals surface area (Å²) in [6, 6.07) is 19.4. The predicted octanol–water partition coefficient (Wildman–Crippen LogP) is 4.02. The van der Waals surface area contributed by atoms with Crippen LogP contribution in [-0.2, 0) is 6.42 Å². The molecule has 0 bridgehead atoms. The minimum absolute atomic E-state index is 0.184. The highest BCUT2D eigenvalue weighted by Crippen LogP contribution is 2.20. The van der Waals surface area contributed by atoms with E-state index in [0.717, 1.165) is 23.2 Å². The van der Waals surface area contributed by atoms with Crippen molar-refractivity contribution in [1.82, 2.24) is 19.9 Å². The molecule has 0 saturated heterocycles. The highest BCUT2D eigenvalue weighted by atomic mass is 35.5. The summed E-state index contributed by atoms with van der Waals surface area (Å²) in [7, 11) is 0. The molecule has 0 aliphatic heterocycles. The number of nitrogens with zero attached hydrogens (tertiary/aromatic N) is 3. The summed E-state index contributed by atoms with van der Waals surface area (Å²) in [6.07, 6.45) is 3.99. The Morgan fingerprint density at radius 3 is 2.59 bits per heavy atom. The number of halogens is 1. The minimum atomic E-state index is -0.184. The molecule has 0 saturated carbocycles. The second kappa shape index (κ2) is 7.60. The monoisotopic (exact) mass is 376 g/mol. The van der Waals surface area contributed by atoms with Crippen LogP contribution in [-0.4, -0.2) is 27.0 Å². The van der Waals surface area contributed by atoms with Crippen molar-refractivity contribution in [3.63, 3.8) is 0 Å². The van der Waals surface area contributed by atoms with Gasteiger partial charge < -0.3 is 5.32 Å². The average molecular weight is 377 g/mol. The van der Waals surface area contributed by atoms with Crippen LogP contribution in [0, 0.1) is 0 Å². The molecule has 0 radical (unpaired) electrons. The highest BCUT2D eigenvalue weighted by molar-refractivity contribution is 6.30. The molecular formula is C21H17ClN4O. The summed E-state index contributed by atoms with van der Waals surface area (Å²) in [5, 5.41) is 8.01. The molecule has 4 rings (SSSR count). The van der Waals surface area contributed by atoms with Crippen LogP contribution in [0.3, 0.4) is 0 Å². The maximum absolute atomic E-state index is 12.6. The summed E-state index contributed by atoms with van der Waals surface area (Å²) in [5.74, 6) is -0.184. The number of hydrogen-bond acceptors (Lipinski definition) is 3. The third-order valence-corrected chi connectivity index (χ3v) is 4.58. The molecule has 0 spiro atoms. The summed E-state index contributed by atoms with van der Waals surface area (Å²) in [5.41, 5.74) is 4.02. The Hall–Kier alpha value is -3.18. The van der Waals surface area contributed by atoms with Crippen molar-refractivity contribution in [2.45, 2.75) is 6.42 Å². The average Bonchev–Trinajstić information content (AvgIpc) is 3.14. The number of benzene rings is 2. The SMILES string of the molecule is O=C(NCCc1ccc(Cl)cc1)c1cnn2c(-c3ccccc3)ccnc12. The lowest BCUT2D eigenvalue weighted by Crippen LogP contribution is -2.25. The van der Waals surface area contributed by atoms with E-state index in [1.165, 1.54) is 0 Å². The van der Waals surface area contributed by atoms with Gasteiger partial charge in [-0.25, -0.2) is 9.50 Å². The zero-order valence-electron chi connectivity index (χ0n) is 14.5. The van der Waals surface area contributed by atoms with E-state index < -0.39 is 0 Å². The molecule has 134 valence electrons. The molecule has 2 aromatic heterocycles. The Morgan fingerprint density at radius 1 is 1.04 bits per heavy atom. The lowest BCUT2D eigenvalue weighted by molar-refractivity contribution is 0.0955. The largest absolute Gasteiger partial charge is 0.352 e. The molecule has 2 aromatic carbocycles. The molecule has 0 unspecified atom stereocenters. The van der Waals surface area contributed by atoms with E-state index in [-0.39, 0.29) is 5.91 Å². The van der Waals surface area contributed by atoms with E-state index in [1.807, 2.05) is 60.7 Å². The van der Waals surface area contributed by atoms with E-state index >= 15 is 0 Å². The van der Waals surface area contributed by atoms with Crippen molar-refractivity contribution in [1.29, 1.82) is 0 Å². The number of aromatic nitrogens is 3. The molecule has 1 N–H and O–H groups in total. The molecule has 1 amide bonds. The third-order valence-electron chi connectivity index (χ3n) is 4.33. The van der Waals surface area contributed by atoms with Crippen LogP contribution >= 0.6 is 11.6 Å². The fourth-order valence-corrected chi connectivity index (χ4v) is 3.07. The van der Waals surface area contributed by atoms with Crippen LogP contribution in [0.4, 0.5) is 0 Å². The fourth-order valence-electron chi connectivity index (χ4n) is 2.95. The van der Waals surface area contributed by atoms with Gasteiger partial charge >= 0.3 is 0 Å². The van der Waals surface area contributed by atoms with Gasteiger partial charge in [-0.2, -0.15) is 5.10 Å². The Labute approximate surface area is 161 Å². The Balaban J connectivity index is 1.52. The second-order valence-electron chi connectivity index (χ2n) is 6.12. The van der Waals surface area contributed by atoms with Gasteiger partial charge in [0.15, 0.2) is 5.65 Å². The van der Waals surface area contributed by atoms with E-state index in [9.17, 15) is 4.79 Å². The molecule has 0 atom stereocenters. The molecule has 6 heteroatoms. The van der Waals surface area contributed by atoms with E-state index in [2.05, 4.69) is 15.4 Å². The number of rotatable bonds is 5. The van der Waals surface area contributed by atoms with Gasteiger partial charge in [-0.05, 0) is 30.2 Å². The quantitative estimate of drug-likeness (QED) is 0.572. The third kappa shape index (κ3) is 3.68. The van der Waals surface area contributed by atoms with Crippen molar-refractivity contribution >= 4 is 23.2 Å². The van der Waals surface area contributed by atoms with Crippen molar-refractivity contribution < 1.29 is 4.79 Å². The summed E-state index contributed by atoms with van der Waals surface area (Å²) < 4.78 is 1.70.